The molecule has 0 saturated carbocycles. The largest absolute Gasteiger partial charge is 0.461 e. The van der Waals surface area contributed by atoms with Crippen molar-refractivity contribution >= 4 is 59.1 Å². The number of rotatable bonds is 6. The van der Waals surface area contributed by atoms with E-state index in [1.807, 2.05) is 24.0 Å². The summed E-state index contributed by atoms with van der Waals surface area (Å²) < 4.78 is 43.0. The van der Waals surface area contributed by atoms with Crippen LogP contribution in [0.25, 0.3) is 53.2 Å². The van der Waals surface area contributed by atoms with Crippen molar-refractivity contribution in [1.82, 2.24) is 30.0 Å². The molecule has 254 valence electrons. The predicted octanol–water partition coefficient (Wildman–Crippen LogP) is 6.18. The third-order valence-corrected chi connectivity index (χ3v) is 11.7. The molecule has 0 amide bonds. The van der Waals surface area contributed by atoms with Gasteiger partial charge in [0.25, 0.3) is 0 Å². The number of nitrogens with one attached hydrogen (secondary N) is 1. The zero-order valence-corrected chi connectivity index (χ0v) is 28.2. The maximum absolute atomic E-state index is 15.4. The SMILES string of the molecule is CCc1c(F)ccc2cc3[nH]ncc3c(-c3nccc4c3sc3nc(OC[C@@]56CCCN5C[C@H](F)C6)nc(N5CCOC[C@@](C)(O)C5)c34)c12. The maximum Gasteiger partial charge on any atom is 0.319 e. The Morgan fingerprint density at radius 2 is 2.08 bits per heavy atom. The molecule has 2 aromatic carbocycles. The number of halogens is 2. The molecular formula is C36H37F2N7O3S. The van der Waals surface area contributed by atoms with Crippen LogP contribution in [0.15, 0.2) is 36.7 Å². The van der Waals surface area contributed by atoms with Gasteiger partial charge >= 0.3 is 6.01 Å². The topological polar surface area (TPSA) is 113 Å². The van der Waals surface area contributed by atoms with Gasteiger partial charge in [-0.05, 0) is 67.3 Å². The first-order valence-corrected chi connectivity index (χ1v) is 17.8. The minimum Gasteiger partial charge on any atom is -0.461 e. The van der Waals surface area contributed by atoms with E-state index in [0.717, 1.165) is 62.1 Å². The van der Waals surface area contributed by atoms with Crippen LogP contribution < -0.4 is 9.64 Å². The number of alkyl halides is 1. The molecule has 9 rings (SSSR count). The highest BCUT2D eigenvalue weighted by Crippen LogP contribution is 2.47. The Balaban J connectivity index is 1.26. The van der Waals surface area contributed by atoms with Crippen LogP contribution in [0.3, 0.4) is 0 Å². The fourth-order valence-corrected chi connectivity index (χ4v) is 9.56. The zero-order chi connectivity index (χ0) is 33.5. The number of β-amino-alcohol motifs (C(OH)–C–C–N with tert-alkyl or cyclic N) is 1. The smallest absolute Gasteiger partial charge is 0.319 e. The summed E-state index contributed by atoms with van der Waals surface area (Å²) in [5.41, 5.74) is 1.52. The number of aromatic amines is 1. The summed E-state index contributed by atoms with van der Waals surface area (Å²) in [6.45, 7) is 6.76. The van der Waals surface area contributed by atoms with Crippen LogP contribution >= 0.6 is 11.3 Å². The van der Waals surface area contributed by atoms with Crippen LogP contribution in [0, 0.1) is 5.82 Å². The number of H-pyrrole nitrogens is 1. The molecule has 7 heterocycles. The molecule has 3 aliphatic heterocycles. The third kappa shape index (κ3) is 5.04. The van der Waals surface area contributed by atoms with Crippen molar-refractivity contribution in [2.45, 2.75) is 56.8 Å². The van der Waals surface area contributed by atoms with E-state index >= 15 is 4.39 Å². The minimum atomic E-state index is -1.10. The normalized spacial score (nSPS) is 24.8. The number of hydrogen-bond donors (Lipinski definition) is 2. The quantitative estimate of drug-likeness (QED) is 0.212. The van der Waals surface area contributed by atoms with Crippen LogP contribution in [0.1, 0.15) is 38.7 Å². The first-order chi connectivity index (χ1) is 23.7. The molecule has 0 bridgehead atoms. The summed E-state index contributed by atoms with van der Waals surface area (Å²) in [6, 6.07) is 7.51. The van der Waals surface area contributed by atoms with E-state index in [1.165, 1.54) is 17.4 Å². The minimum absolute atomic E-state index is 0.209. The lowest BCUT2D eigenvalue weighted by atomic mass is 9.92. The molecule has 3 saturated heterocycles. The number of ether oxygens (including phenoxy) is 2. The maximum atomic E-state index is 15.4. The molecule has 6 aromatic rings. The van der Waals surface area contributed by atoms with Gasteiger partial charge in [-0.25, -0.2) is 8.78 Å². The number of thiophene rings is 1. The van der Waals surface area contributed by atoms with Gasteiger partial charge in [0.15, 0.2) is 0 Å². The van der Waals surface area contributed by atoms with Gasteiger partial charge in [0.05, 0.1) is 52.8 Å². The average molecular weight is 686 g/mol. The van der Waals surface area contributed by atoms with Gasteiger partial charge in [-0.1, -0.05) is 13.0 Å². The van der Waals surface area contributed by atoms with Crippen molar-refractivity contribution in [3.63, 3.8) is 0 Å². The summed E-state index contributed by atoms with van der Waals surface area (Å²) in [6.07, 6.45) is 5.52. The van der Waals surface area contributed by atoms with E-state index in [4.69, 9.17) is 24.4 Å². The fraction of sp³-hybridized carbons (Fsp3) is 0.444. The Morgan fingerprint density at radius 1 is 1.18 bits per heavy atom. The van der Waals surface area contributed by atoms with Crippen molar-refractivity contribution in [2.75, 3.05) is 50.9 Å². The second-order valence-electron chi connectivity index (χ2n) is 14.0. The number of pyridine rings is 1. The van der Waals surface area contributed by atoms with Crippen LogP contribution in [-0.2, 0) is 11.2 Å². The van der Waals surface area contributed by atoms with Crippen molar-refractivity contribution in [2.24, 2.45) is 0 Å². The highest BCUT2D eigenvalue weighted by molar-refractivity contribution is 7.26. The molecule has 0 aliphatic carbocycles. The molecule has 3 aliphatic rings. The van der Waals surface area contributed by atoms with Crippen LogP contribution in [0.4, 0.5) is 14.6 Å². The van der Waals surface area contributed by atoms with Gasteiger partial charge in [0, 0.05) is 42.0 Å². The Kier molecular flexibility index (Phi) is 7.28. The summed E-state index contributed by atoms with van der Waals surface area (Å²) in [4.78, 5) is 19.9. The molecule has 49 heavy (non-hydrogen) atoms. The van der Waals surface area contributed by atoms with Crippen LogP contribution in [0.2, 0.25) is 0 Å². The second kappa shape index (κ2) is 11.5. The number of anilines is 1. The fourth-order valence-electron chi connectivity index (χ4n) is 8.41. The summed E-state index contributed by atoms with van der Waals surface area (Å²) in [5, 5.41) is 22.9. The lowest BCUT2D eigenvalue weighted by Crippen LogP contribution is -2.43. The van der Waals surface area contributed by atoms with Gasteiger partial charge in [-0.2, -0.15) is 15.1 Å². The first kappa shape index (κ1) is 31.0. The lowest BCUT2D eigenvalue weighted by Gasteiger charge is -2.31. The van der Waals surface area contributed by atoms with Gasteiger partial charge in [-0.3, -0.25) is 15.0 Å². The molecule has 0 spiro atoms. The molecule has 0 radical (unpaired) electrons. The first-order valence-electron chi connectivity index (χ1n) is 17.0. The van der Waals surface area contributed by atoms with E-state index in [1.54, 1.807) is 25.4 Å². The summed E-state index contributed by atoms with van der Waals surface area (Å²) in [7, 11) is 0. The number of fused-ring (bicyclic) bond motifs is 6. The Labute approximate surface area is 285 Å². The molecular weight excluding hydrogens is 649 g/mol. The van der Waals surface area contributed by atoms with E-state index in [2.05, 4.69) is 15.1 Å². The van der Waals surface area contributed by atoms with Gasteiger partial charge in [0.1, 0.15) is 34.8 Å². The predicted molar refractivity (Wildman–Crippen MR) is 187 cm³/mol. The van der Waals surface area contributed by atoms with E-state index in [0.29, 0.717) is 67.6 Å². The van der Waals surface area contributed by atoms with E-state index in [-0.39, 0.29) is 24.0 Å². The Morgan fingerprint density at radius 3 is 2.96 bits per heavy atom. The second-order valence-corrected chi connectivity index (χ2v) is 15.0. The highest BCUT2D eigenvalue weighted by atomic mass is 32.1. The molecule has 2 N–H and O–H groups in total. The van der Waals surface area contributed by atoms with E-state index in [9.17, 15) is 9.50 Å². The van der Waals surface area contributed by atoms with Crippen molar-refractivity contribution < 1.29 is 23.4 Å². The van der Waals surface area contributed by atoms with Crippen molar-refractivity contribution in [3.05, 3.63) is 48.0 Å². The van der Waals surface area contributed by atoms with Crippen molar-refractivity contribution in [3.8, 4) is 17.3 Å². The summed E-state index contributed by atoms with van der Waals surface area (Å²) in [5.74, 6) is 0.381. The molecule has 13 heteroatoms. The van der Waals surface area contributed by atoms with E-state index < -0.39 is 11.8 Å². The lowest BCUT2D eigenvalue weighted by molar-refractivity contribution is -0.0123. The zero-order valence-electron chi connectivity index (χ0n) is 27.4. The molecule has 0 unspecified atom stereocenters. The highest BCUT2D eigenvalue weighted by Gasteiger charge is 2.49. The van der Waals surface area contributed by atoms with Crippen molar-refractivity contribution in [1.29, 1.82) is 0 Å². The molecule has 10 nitrogen and oxygen atoms in total. The van der Waals surface area contributed by atoms with Gasteiger partial charge in [-0.15, -0.1) is 11.3 Å². The van der Waals surface area contributed by atoms with Gasteiger partial charge < -0.3 is 19.5 Å². The number of hydrogen-bond acceptors (Lipinski definition) is 10. The standard InChI is InChI=1S/C36H37F2N7O3S/c1-3-22-25(38)6-5-20-13-26-24(15-40-43-26)28(27(20)22)30-31-23(7-9-39-30)29-32(44-11-12-47-18-35(2,46)17-44)41-34(42-33(29)49-31)48-19-36-8-4-10-45(36)16-21(37)14-36/h5-7,9,13,15,21,46H,3-4,8,10-12,14,16-19H2,1-2H3,(H,40,43)/t21-,35+,36+/m1/s1. The Hall–Kier alpha value is -4.04. The average Bonchev–Trinajstić information content (AvgIpc) is 3.83. The molecule has 3 atom stereocenters. The number of benzene rings is 2. The number of aromatic nitrogens is 5. The monoisotopic (exact) mass is 685 g/mol. The number of aryl methyl sites for hydroxylation is 1. The molecule has 4 aromatic heterocycles. The number of nitrogens with zero attached hydrogens (tertiary/aromatic N) is 6. The Bertz CT molecular complexity index is 2260. The molecule has 3 fully saturated rings. The summed E-state index contributed by atoms with van der Waals surface area (Å²) >= 11 is 1.49. The number of aliphatic hydroxyl groups is 1. The van der Waals surface area contributed by atoms with Crippen LogP contribution in [-0.4, -0.2) is 98.5 Å². The third-order valence-electron chi connectivity index (χ3n) is 10.6. The van der Waals surface area contributed by atoms with Crippen LogP contribution in [0.5, 0.6) is 6.01 Å². The van der Waals surface area contributed by atoms with Gasteiger partial charge in [0.2, 0.25) is 0 Å².